The highest BCUT2D eigenvalue weighted by Gasteiger charge is 2.26. The van der Waals surface area contributed by atoms with Crippen LogP contribution in [-0.4, -0.2) is 69.7 Å². The number of carbonyl (C=O) groups excluding carboxylic acids is 3. The number of rotatable bonds is 6. The minimum atomic E-state index is -0.545. The van der Waals surface area contributed by atoms with Crippen LogP contribution in [-0.2, 0) is 20.7 Å². The summed E-state index contributed by atoms with van der Waals surface area (Å²) < 4.78 is 5.40. The van der Waals surface area contributed by atoms with Crippen LogP contribution >= 0.6 is 11.3 Å². The Morgan fingerprint density at radius 1 is 1.07 bits per heavy atom. The van der Waals surface area contributed by atoms with E-state index in [0.717, 1.165) is 17.8 Å². The van der Waals surface area contributed by atoms with Gasteiger partial charge in [0.2, 0.25) is 16.9 Å². The maximum Gasteiger partial charge on any atom is 0.410 e. The van der Waals surface area contributed by atoms with Crippen molar-refractivity contribution >= 4 is 34.4 Å². The molecule has 0 saturated carbocycles. The molecule has 10 heteroatoms. The fourth-order valence-corrected chi connectivity index (χ4v) is 3.71. The summed E-state index contributed by atoms with van der Waals surface area (Å²) in [5.41, 5.74) is -0.545. The first-order chi connectivity index (χ1) is 13.7. The van der Waals surface area contributed by atoms with Crippen LogP contribution in [0.1, 0.15) is 58.4 Å². The van der Waals surface area contributed by atoms with E-state index >= 15 is 0 Å². The van der Waals surface area contributed by atoms with E-state index in [1.165, 1.54) is 11.3 Å². The molecule has 9 nitrogen and oxygen atoms in total. The molecule has 1 aliphatic heterocycles. The Morgan fingerprint density at radius 2 is 1.76 bits per heavy atom. The van der Waals surface area contributed by atoms with E-state index in [9.17, 15) is 14.4 Å². The predicted octanol–water partition coefficient (Wildman–Crippen LogP) is 2.68. The van der Waals surface area contributed by atoms with Crippen molar-refractivity contribution in [3.63, 3.8) is 0 Å². The van der Waals surface area contributed by atoms with Crippen LogP contribution in [0.5, 0.6) is 0 Å². The summed E-state index contributed by atoms with van der Waals surface area (Å²) in [6, 6.07) is 0. The monoisotopic (exact) mass is 425 g/mol. The molecule has 2 rings (SSSR count). The summed E-state index contributed by atoms with van der Waals surface area (Å²) in [5.74, 6) is -0.335. The van der Waals surface area contributed by atoms with E-state index in [1.54, 1.807) is 9.80 Å². The number of ether oxygens (including phenoxy) is 1. The third kappa shape index (κ3) is 7.96. The summed E-state index contributed by atoms with van der Waals surface area (Å²) in [5, 5.41) is 12.0. The van der Waals surface area contributed by atoms with E-state index < -0.39 is 5.60 Å². The van der Waals surface area contributed by atoms with Crippen molar-refractivity contribution in [2.24, 2.45) is 0 Å². The van der Waals surface area contributed by atoms with E-state index in [-0.39, 0.29) is 30.7 Å². The van der Waals surface area contributed by atoms with Gasteiger partial charge < -0.3 is 19.9 Å². The van der Waals surface area contributed by atoms with Crippen LogP contribution in [0.2, 0.25) is 0 Å². The Bertz CT molecular complexity index is 716. The summed E-state index contributed by atoms with van der Waals surface area (Å²) in [7, 11) is 0. The van der Waals surface area contributed by atoms with Gasteiger partial charge in [0.15, 0.2) is 0 Å². The maximum absolute atomic E-state index is 12.5. The van der Waals surface area contributed by atoms with E-state index in [2.05, 4.69) is 22.4 Å². The van der Waals surface area contributed by atoms with Crippen LogP contribution in [0.25, 0.3) is 0 Å². The van der Waals surface area contributed by atoms with Gasteiger partial charge in [0.1, 0.15) is 10.6 Å². The van der Waals surface area contributed by atoms with Crippen LogP contribution in [0, 0.1) is 0 Å². The number of nitrogens with zero attached hydrogens (tertiary/aromatic N) is 4. The Labute approximate surface area is 175 Å². The van der Waals surface area contributed by atoms with Crippen molar-refractivity contribution in [3.8, 4) is 0 Å². The zero-order valence-electron chi connectivity index (χ0n) is 17.7. The van der Waals surface area contributed by atoms with Gasteiger partial charge in [-0.2, -0.15) is 0 Å². The SMILES string of the molecule is CCCc1nnc(NC(=O)CCC(=O)N2CCCN(C(=O)OC(C)(C)C)CC2)s1. The molecule has 162 valence electrons. The predicted molar refractivity (Wildman–Crippen MR) is 111 cm³/mol. The van der Waals surface area contributed by atoms with Gasteiger partial charge in [-0.05, 0) is 33.6 Å². The van der Waals surface area contributed by atoms with Gasteiger partial charge in [-0.3, -0.25) is 9.59 Å². The molecule has 1 fully saturated rings. The lowest BCUT2D eigenvalue weighted by Crippen LogP contribution is -2.40. The van der Waals surface area contributed by atoms with Gasteiger partial charge >= 0.3 is 6.09 Å². The molecule has 1 aromatic heterocycles. The van der Waals surface area contributed by atoms with Gasteiger partial charge in [0.25, 0.3) is 0 Å². The first kappa shape index (κ1) is 23.1. The van der Waals surface area contributed by atoms with E-state index in [4.69, 9.17) is 4.74 Å². The Kier molecular flexibility index (Phi) is 8.36. The molecule has 1 aromatic rings. The summed E-state index contributed by atoms with van der Waals surface area (Å²) >= 11 is 1.36. The normalized spacial score (nSPS) is 15.0. The third-order valence-corrected chi connectivity index (χ3v) is 5.14. The molecule has 0 aliphatic carbocycles. The van der Waals surface area contributed by atoms with Crippen molar-refractivity contribution in [3.05, 3.63) is 5.01 Å². The molecule has 1 aliphatic rings. The molecule has 0 bridgehead atoms. The highest BCUT2D eigenvalue weighted by atomic mass is 32.1. The number of hydrogen-bond acceptors (Lipinski definition) is 7. The molecule has 0 radical (unpaired) electrons. The highest BCUT2D eigenvalue weighted by molar-refractivity contribution is 7.15. The number of aryl methyl sites for hydroxylation is 1. The molecular weight excluding hydrogens is 394 g/mol. The second-order valence-corrected chi connectivity index (χ2v) is 9.06. The fraction of sp³-hybridized carbons (Fsp3) is 0.737. The van der Waals surface area contributed by atoms with Crippen molar-refractivity contribution in [2.75, 3.05) is 31.5 Å². The highest BCUT2D eigenvalue weighted by Crippen LogP contribution is 2.17. The maximum atomic E-state index is 12.5. The first-order valence-electron chi connectivity index (χ1n) is 10.1. The van der Waals surface area contributed by atoms with Gasteiger partial charge in [0.05, 0.1) is 0 Å². The lowest BCUT2D eigenvalue weighted by Gasteiger charge is -2.26. The van der Waals surface area contributed by atoms with Gasteiger partial charge in [-0.25, -0.2) is 4.79 Å². The molecule has 0 unspecified atom stereocenters. The Morgan fingerprint density at radius 3 is 2.45 bits per heavy atom. The zero-order chi connectivity index (χ0) is 21.4. The Balaban J connectivity index is 1.75. The van der Waals surface area contributed by atoms with Crippen LogP contribution in [0.4, 0.5) is 9.93 Å². The van der Waals surface area contributed by atoms with Crippen LogP contribution < -0.4 is 5.32 Å². The Hall–Kier alpha value is -2.23. The fourth-order valence-electron chi connectivity index (χ4n) is 2.86. The standard InChI is InChI=1S/C19H31N5O4S/c1-5-7-15-21-22-17(29-15)20-14(25)8-9-16(26)23-10-6-11-24(13-12-23)18(27)28-19(2,3)4/h5-13H2,1-4H3,(H,20,22,25). The minimum absolute atomic E-state index is 0.0878. The summed E-state index contributed by atoms with van der Waals surface area (Å²) in [6.45, 7) is 9.53. The number of aromatic nitrogens is 2. The number of hydrogen-bond donors (Lipinski definition) is 1. The molecule has 2 heterocycles. The lowest BCUT2D eigenvalue weighted by atomic mass is 10.2. The molecule has 3 amide bonds. The smallest absolute Gasteiger partial charge is 0.410 e. The number of carbonyl (C=O) groups is 3. The van der Waals surface area contributed by atoms with E-state index in [0.29, 0.717) is 37.7 Å². The average Bonchev–Trinajstić information content (AvgIpc) is 2.91. The van der Waals surface area contributed by atoms with Gasteiger partial charge in [-0.1, -0.05) is 18.3 Å². The van der Waals surface area contributed by atoms with Crippen molar-refractivity contribution < 1.29 is 19.1 Å². The lowest BCUT2D eigenvalue weighted by molar-refractivity contribution is -0.132. The van der Waals surface area contributed by atoms with Crippen LogP contribution in [0.3, 0.4) is 0 Å². The molecule has 1 N–H and O–H groups in total. The summed E-state index contributed by atoms with van der Waals surface area (Å²) in [6.07, 6.45) is 2.35. The number of nitrogens with one attached hydrogen (secondary N) is 1. The van der Waals surface area contributed by atoms with E-state index in [1.807, 2.05) is 20.8 Å². The van der Waals surface area contributed by atoms with Crippen LogP contribution in [0.15, 0.2) is 0 Å². The molecule has 29 heavy (non-hydrogen) atoms. The topological polar surface area (TPSA) is 105 Å². The zero-order valence-corrected chi connectivity index (χ0v) is 18.5. The van der Waals surface area contributed by atoms with Gasteiger partial charge in [-0.15, -0.1) is 10.2 Å². The minimum Gasteiger partial charge on any atom is -0.444 e. The molecule has 1 saturated heterocycles. The molecule has 0 aromatic carbocycles. The van der Waals surface area contributed by atoms with Crippen molar-refractivity contribution in [2.45, 2.75) is 65.4 Å². The number of anilines is 1. The summed E-state index contributed by atoms with van der Waals surface area (Å²) in [4.78, 5) is 40.1. The molecular formula is C19H31N5O4S. The first-order valence-corrected chi connectivity index (χ1v) is 10.9. The number of amides is 3. The molecule has 0 atom stereocenters. The van der Waals surface area contributed by atoms with Crippen molar-refractivity contribution in [1.29, 1.82) is 0 Å². The van der Waals surface area contributed by atoms with Crippen molar-refractivity contribution in [1.82, 2.24) is 20.0 Å². The van der Waals surface area contributed by atoms with Gasteiger partial charge in [0, 0.05) is 45.4 Å². The average molecular weight is 426 g/mol. The second kappa shape index (κ2) is 10.5. The third-order valence-electron chi connectivity index (χ3n) is 4.24. The molecule has 0 spiro atoms. The quantitative estimate of drug-likeness (QED) is 0.751. The largest absolute Gasteiger partial charge is 0.444 e. The second-order valence-electron chi connectivity index (χ2n) is 8.00.